The zero-order valence-electron chi connectivity index (χ0n) is 11.6. The summed E-state index contributed by atoms with van der Waals surface area (Å²) < 4.78 is 26.7. The van der Waals surface area contributed by atoms with Crippen LogP contribution in [0.15, 0.2) is 23.1 Å². The molecule has 1 rings (SSSR count). The van der Waals surface area contributed by atoms with Gasteiger partial charge < -0.3 is 5.73 Å². The molecule has 6 heteroatoms. The third kappa shape index (κ3) is 3.48. The Bertz CT molecular complexity index is 531. The number of rotatable bonds is 6. The molecule has 0 spiro atoms. The molecule has 0 fully saturated rings. The first-order valence-corrected chi connectivity index (χ1v) is 8.20. The molecule has 0 bridgehead atoms. The van der Waals surface area contributed by atoms with E-state index in [1.54, 1.807) is 12.1 Å². The van der Waals surface area contributed by atoms with Crippen molar-refractivity contribution < 1.29 is 8.42 Å². The summed E-state index contributed by atoms with van der Waals surface area (Å²) in [5.74, 6) is 0. The molecule has 2 N–H and O–H groups in total. The summed E-state index contributed by atoms with van der Waals surface area (Å²) in [5.41, 5.74) is 6.33. The van der Waals surface area contributed by atoms with Gasteiger partial charge in [0, 0.05) is 19.1 Å². The third-order valence-corrected chi connectivity index (χ3v) is 5.78. The second kappa shape index (κ2) is 6.70. The predicted molar refractivity (Wildman–Crippen MR) is 78.7 cm³/mol. The zero-order chi connectivity index (χ0) is 14.6. The number of nitrogens with zero attached hydrogens (tertiary/aromatic N) is 1. The van der Waals surface area contributed by atoms with Gasteiger partial charge >= 0.3 is 0 Å². The number of nitrogens with two attached hydrogens (primary N) is 1. The van der Waals surface area contributed by atoms with Gasteiger partial charge in [0.15, 0.2) is 0 Å². The molecule has 0 aliphatic heterocycles. The van der Waals surface area contributed by atoms with Crippen LogP contribution in [0.5, 0.6) is 0 Å². The van der Waals surface area contributed by atoms with Crippen LogP contribution in [-0.2, 0) is 16.6 Å². The molecule has 1 aromatic rings. The van der Waals surface area contributed by atoms with Gasteiger partial charge in [-0.05, 0) is 31.0 Å². The molecule has 4 nitrogen and oxygen atoms in total. The molecule has 0 radical (unpaired) electrons. The normalized spacial score (nSPS) is 13.8. The summed E-state index contributed by atoms with van der Waals surface area (Å²) >= 11 is 6.08. The molecule has 108 valence electrons. The summed E-state index contributed by atoms with van der Waals surface area (Å²) in [7, 11) is -3.56. The van der Waals surface area contributed by atoms with E-state index in [0.717, 1.165) is 12.0 Å². The van der Waals surface area contributed by atoms with Crippen molar-refractivity contribution >= 4 is 21.6 Å². The van der Waals surface area contributed by atoms with Gasteiger partial charge in [-0.2, -0.15) is 4.31 Å². The Hall–Kier alpha value is -0.620. The van der Waals surface area contributed by atoms with Crippen molar-refractivity contribution in [1.82, 2.24) is 4.31 Å². The predicted octanol–water partition coefficient (Wildman–Crippen LogP) is 2.61. The molecule has 0 heterocycles. The van der Waals surface area contributed by atoms with Gasteiger partial charge in [0.25, 0.3) is 0 Å². The maximum atomic E-state index is 12.6. The zero-order valence-corrected chi connectivity index (χ0v) is 13.1. The highest BCUT2D eigenvalue weighted by Crippen LogP contribution is 2.27. The van der Waals surface area contributed by atoms with Gasteiger partial charge in [-0.1, -0.05) is 31.5 Å². The first-order valence-electron chi connectivity index (χ1n) is 6.38. The maximum absolute atomic E-state index is 12.6. The molecule has 0 aliphatic rings. The van der Waals surface area contributed by atoms with Crippen LogP contribution in [0.25, 0.3) is 0 Å². The number of benzene rings is 1. The molecular weight excluding hydrogens is 284 g/mol. The average Bonchev–Trinajstić information content (AvgIpc) is 2.38. The smallest absolute Gasteiger partial charge is 0.244 e. The fourth-order valence-electron chi connectivity index (χ4n) is 1.93. The molecule has 1 atom stereocenters. The molecule has 1 aromatic carbocycles. The first-order chi connectivity index (χ1) is 8.88. The van der Waals surface area contributed by atoms with Crippen molar-refractivity contribution in [2.24, 2.45) is 5.73 Å². The van der Waals surface area contributed by atoms with Crippen LogP contribution in [-0.4, -0.2) is 25.3 Å². The van der Waals surface area contributed by atoms with Crippen LogP contribution in [0.2, 0.25) is 5.02 Å². The molecule has 0 saturated carbocycles. The Balaban J connectivity index is 3.26. The lowest BCUT2D eigenvalue weighted by molar-refractivity contribution is 0.342. The van der Waals surface area contributed by atoms with E-state index in [9.17, 15) is 8.42 Å². The Morgan fingerprint density at radius 2 is 2.00 bits per heavy atom. The quantitative estimate of drug-likeness (QED) is 0.878. The van der Waals surface area contributed by atoms with Gasteiger partial charge in [-0.25, -0.2) is 8.42 Å². The first kappa shape index (κ1) is 16.4. The summed E-state index contributed by atoms with van der Waals surface area (Å²) in [6.45, 7) is 6.44. The van der Waals surface area contributed by atoms with E-state index in [1.807, 2.05) is 20.8 Å². The summed E-state index contributed by atoms with van der Waals surface area (Å²) in [6, 6.07) is 4.78. The Labute approximate surface area is 120 Å². The topological polar surface area (TPSA) is 63.4 Å². The van der Waals surface area contributed by atoms with Crippen LogP contribution < -0.4 is 5.73 Å². The van der Waals surface area contributed by atoms with E-state index < -0.39 is 10.0 Å². The highest BCUT2D eigenvalue weighted by atomic mass is 35.5. The van der Waals surface area contributed by atoms with Crippen molar-refractivity contribution in [2.75, 3.05) is 6.54 Å². The van der Waals surface area contributed by atoms with Gasteiger partial charge in [0.2, 0.25) is 10.0 Å². The minimum absolute atomic E-state index is 0.0553. The second-order valence-electron chi connectivity index (χ2n) is 4.43. The Morgan fingerprint density at radius 3 is 2.42 bits per heavy atom. The molecule has 0 saturated heterocycles. The van der Waals surface area contributed by atoms with E-state index >= 15 is 0 Å². The lowest BCUT2D eigenvalue weighted by atomic mass is 10.2. The van der Waals surface area contributed by atoms with Gasteiger partial charge in [-0.15, -0.1) is 0 Å². The summed E-state index contributed by atoms with van der Waals surface area (Å²) in [6.07, 6.45) is 0.756. The number of hydrogen-bond donors (Lipinski definition) is 1. The Morgan fingerprint density at radius 1 is 1.37 bits per heavy atom. The number of halogens is 1. The molecule has 0 amide bonds. The lowest BCUT2D eigenvalue weighted by Crippen LogP contribution is -2.38. The number of hydrogen-bond acceptors (Lipinski definition) is 3. The van der Waals surface area contributed by atoms with Crippen LogP contribution >= 0.6 is 11.6 Å². The van der Waals surface area contributed by atoms with Crippen molar-refractivity contribution in [3.63, 3.8) is 0 Å². The van der Waals surface area contributed by atoms with Crippen molar-refractivity contribution in [3.05, 3.63) is 28.8 Å². The largest absolute Gasteiger partial charge is 0.326 e. The van der Waals surface area contributed by atoms with E-state index in [0.29, 0.717) is 13.1 Å². The molecular formula is C13H21ClN2O2S. The molecule has 0 aromatic heterocycles. The average molecular weight is 305 g/mol. The van der Waals surface area contributed by atoms with Crippen LogP contribution in [0.3, 0.4) is 0 Å². The van der Waals surface area contributed by atoms with Crippen LogP contribution in [0, 0.1) is 0 Å². The monoisotopic (exact) mass is 304 g/mol. The van der Waals surface area contributed by atoms with Crippen LogP contribution in [0.4, 0.5) is 0 Å². The van der Waals surface area contributed by atoms with Gasteiger partial charge in [0.05, 0.1) is 5.02 Å². The van der Waals surface area contributed by atoms with Crippen molar-refractivity contribution in [3.8, 4) is 0 Å². The highest BCUT2D eigenvalue weighted by Gasteiger charge is 2.28. The maximum Gasteiger partial charge on any atom is 0.244 e. The van der Waals surface area contributed by atoms with E-state index in [-0.39, 0.29) is 16.0 Å². The Kier molecular flexibility index (Phi) is 5.80. The summed E-state index contributed by atoms with van der Waals surface area (Å²) in [5, 5.41) is 0.227. The lowest BCUT2D eigenvalue weighted by Gasteiger charge is -2.26. The highest BCUT2D eigenvalue weighted by molar-refractivity contribution is 7.89. The van der Waals surface area contributed by atoms with E-state index in [4.69, 9.17) is 17.3 Å². The van der Waals surface area contributed by atoms with Gasteiger partial charge in [0.1, 0.15) is 4.90 Å². The fourth-order valence-corrected chi connectivity index (χ4v) is 4.19. The fraction of sp³-hybridized carbons (Fsp3) is 0.538. The molecule has 1 unspecified atom stereocenters. The van der Waals surface area contributed by atoms with E-state index in [1.165, 1.54) is 10.4 Å². The second-order valence-corrected chi connectivity index (χ2v) is 6.70. The minimum Gasteiger partial charge on any atom is -0.326 e. The molecule has 19 heavy (non-hydrogen) atoms. The SMILES string of the molecule is CCC(C)N(CC)S(=O)(=O)c1ccc(CN)cc1Cl. The molecule has 0 aliphatic carbocycles. The van der Waals surface area contributed by atoms with Gasteiger partial charge in [-0.3, -0.25) is 0 Å². The van der Waals surface area contributed by atoms with Crippen molar-refractivity contribution in [2.45, 2.75) is 44.7 Å². The van der Waals surface area contributed by atoms with E-state index in [2.05, 4.69) is 0 Å². The van der Waals surface area contributed by atoms with Crippen LogP contribution in [0.1, 0.15) is 32.8 Å². The number of sulfonamides is 1. The third-order valence-electron chi connectivity index (χ3n) is 3.21. The van der Waals surface area contributed by atoms with Crippen molar-refractivity contribution in [1.29, 1.82) is 0 Å². The summed E-state index contributed by atoms with van der Waals surface area (Å²) in [4.78, 5) is 0.147. The standard InChI is InChI=1S/C13H21ClN2O2S/c1-4-10(3)16(5-2)19(17,18)13-7-6-11(9-15)8-12(13)14/h6-8,10H,4-5,9,15H2,1-3H3. The minimum atomic E-state index is -3.56.